The van der Waals surface area contributed by atoms with Gasteiger partial charge in [-0.25, -0.2) is 14.4 Å². The van der Waals surface area contributed by atoms with Crippen LogP contribution in [0, 0.1) is 25.4 Å². The smallest absolute Gasteiger partial charge is 0.426 e. The molecule has 0 aliphatic heterocycles. The molecule has 0 aromatic heterocycles. The number of nitrogens with zero attached hydrogens (tertiary/aromatic N) is 4. The van der Waals surface area contributed by atoms with Gasteiger partial charge in [0.05, 0.1) is 29.6 Å². The minimum Gasteiger partial charge on any atom is -0.426 e. The van der Waals surface area contributed by atoms with Crippen molar-refractivity contribution in [2.45, 2.75) is 65.5 Å². The predicted octanol–water partition coefficient (Wildman–Crippen LogP) is 11.3. The van der Waals surface area contributed by atoms with Gasteiger partial charge in [-0.1, -0.05) is 120 Å². The molecule has 7 aromatic rings. The molecule has 0 spiro atoms. The highest BCUT2D eigenvalue weighted by Gasteiger charge is 2.29. The lowest BCUT2D eigenvalue weighted by Crippen LogP contribution is -2.43. The van der Waals surface area contributed by atoms with Crippen LogP contribution in [0.2, 0.25) is 0 Å². The molecule has 16 nitrogen and oxygen atoms in total. The van der Waals surface area contributed by atoms with E-state index in [0.29, 0.717) is 67.4 Å². The highest BCUT2D eigenvalue weighted by atomic mass is 16.7. The molecule has 76 heavy (non-hydrogen) atoms. The van der Waals surface area contributed by atoms with E-state index in [1.165, 1.54) is 6.08 Å². The van der Waals surface area contributed by atoms with Gasteiger partial charge in [-0.05, 0) is 136 Å². The average Bonchev–Trinajstić information content (AvgIpc) is 3.40. The number of ether oxygens (including phenoxy) is 3. The summed E-state index contributed by atoms with van der Waals surface area (Å²) in [4.78, 5) is 78.1. The van der Waals surface area contributed by atoms with Crippen LogP contribution in [0.1, 0.15) is 83.3 Å². The molecule has 0 aliphatic carbocycles. The first-order valence-electron chi connectivity index (χ1n) is 23.8. The quantitative estimate of drug-likeness (QED) is 0.0157. The van der Waals surface area contributed by atoms with Gasteiger partial charge in [0.25, 0.3) is 6.26 Å². The van der Waals surface area contributed by atoms with Crippen molar-refractivity contribution in [1.82, 2.24) is 10.6 Å². The van der Waals surface area contributed by atoms with E-state index in [1.807, 2.05) is 78.9 Å². The van der Waals surface area contributed by atoms with Gasteiger partial charge in [0, 0.05) is 22.3 Å². The van der Waals surface area contributed by atoms with Gasteiger partial charge in [0.1, 0.15) is 28.7 Å². The van der Waals surface area contributed by atoms with E-state index >= 15 is 0 Å². The summed E-state index contributed by atoms with van der Waals surface area (Å²) in [7, 11) is 0. The maximum Gasteiger partial charge on any atom is 0.434 e. The van der Waals surface area contributed by atoms with Crippen molar-refractivity contribution in [1.29, 1.82) is 5.26 Å². The van der Waals surface area contributed by atoms with E-state index in [2.05, 4.69) is 25.9 Å². The van der Waals surface area contributed by atoms with Crippen molar-refractivity contribution in [3.63, 3.8) is 0 Å². The first-order valence-corrected chi connectivity index (χ1v) is 23.8. The van der Waals surface area contributed by atoms with Gasteiger partial charge in [0.2, 0.25) is 6.08 Å². The number of nitriles is 1. The number of aliphatic imine (C=N–C) groups is 1. The van der Waals surface area contributed by atoms with E-state index in [1.54, 1.807) is 139 Å². The number of hydrogen-bond acceptors (Lipinski definition) is 14. The average molecular weight is 1020 g/mol. The second-order valence-corrected chi connectivity index (χ2v) is 18.4. The number of carbonyl (C=O) groups is 4. The van der Waals surface area contributed by atoms with E-state index in [0.717, 1.165) is 11.1 Å². The zero-order valence-electron chi connectivity index (χ0n) is 42.5. The molecule has 0 saturated carbocycles. The zero-order valence-corrected chi connectivity index (χ0v) is 42.5. The SMILES string of the molecule is Cc1ccc(CC(=O)Oc2ccc(/C(=N/OC(=O)NC(C)(C)c3cccc(C(C)(C)NC(=O)O/N=C(\c4ccccc4)c4ccc(OC(=O)Cc5ccc(C)c(OC#N)c5)cc4)c3)c3ccccc3)cc2)cc1N=C=O. The first kappa shape index (κ1) is 53.8. The monoisotopic (exact) mass is 1020 g/mol. The molecule has 2 amide bonds. The number of esters is 2. The van der Waals surface area contributed by atoms with Crippen LogP contribution in [0.4, 0.5) is 15.3 Å². The molecular formula is C60H52N6O10. The van der Waals surface area contributed by atoms with Gasteiger partial charge >= 0.3 is 24.1 Å². The molecule has 0 fully saturated rings. The van der Waals surface area contributed by atoms with Crippen molar-refractivity contribution < 1.29 is 47.9 Å². The number of amides is 2. The van der Waals surface area contributed by atoms with Crippen LogP contribution in [0.25, 0.3) is 0 Å². The van der Waals surface area contributed by atoms with Crippen LogP contribution in [-0.4, -0.2) is 41.6 Å². The van der Waals surface area contributed by atoms with Crippen molar-refractivity contribution in [2.75, 3.05) is 0 Å². The largest absolute Gasteiger partial charge is 0.434 e. The fourth-order valence-corrected chi connectivity index (χ4v) is 7.79. The van der Waals surface area contributed by atoms with E-state index in [4.69, 9.17) is 29.1 Å². The maximum absolute atomic E-state index is 13.5. The van der Waals surface area contributed by atoms with Gasteiger partial charge in [-0.15, -0.1) is 5.26 Å². The molecule has 7 aromatic carbocycles. The minimum absolute atomic E-state index is 0.0511. The Morgan fingerprint density at radius 3 is 1.41 bits per heavy atom. The maximum atomic E-state index is 13.5. The van der Waals surface area contributed by atoms with Crippen LogP contribution in [-0.2, 0) is 48.0 Å². The Balaban J connectivity index is 0.981. The standard InChI is InChI=1S/C60H52N6O10/c1-39-20-22-41(32-51(39)62-38-67)34-53(68)73-49-28-24-45(25-29-49)55(43-14-9-7-10-15-43)65-75-57(70)63-59(3,4)47-18-13-19-48(36-47)60(5,6)64-58(71)76-66-56(44-16-11-8-12-17-44)46-26-30-50(31-27-46)74-54(69)35-42-23-21-40(2)52(33-42)72-37-61/h7-33,36H,34-35H2,1-6H3,(H,63,70)(H,64,71)/b65-55+,66-56+. The lowest BCUT2D eigenvalue weighted by Gasteiger charge is -2.30. The van der Waals surface area contributed by atoms with Gasteiger partial charge < -0.3 is 24.8 Å². The summed E-state index contributed by atoms with van der Waals surface area (Å²) in [6, 6.07) is 49.1. The van der Waals surface area contributed by atoms with Crippen molar-refractivity contribution in [3.8, 4) is 23.5 Å². The number of hydrogen-bond donors (Lipinski definition) is 2. The fourth-order valence-electron chi connectivity index (χ4n) is 7.79. The van der Waals surface area contributed by atoms with Gasteiger partial charge in [0.15, 0.2) is 0 Å². The van der Waals surface area contributed by atoms with Crippen molar-refractivity contribution in [2.24, 2.45) is 15.3 Å². The molecule has 0 radical (unpaired) electrons. The summed E-state index contributed by atoms with van der Waals surface area (Å²) in [5.74, 6) is -0.107. The molecule has 0 atom stereocenters. The Hall–Kier alpha value is -9.97. The highest BCUT2D eigenvalue weighted by molar-refractivity contribution is 6.13. The topological polar surface area (TPSA) is 216 Å². The lowest BCUT2D eigenvalue weighted by atomic mass is 9.87. The summed E-state index contributed by atoms with van der Waals surface area (Å²) in [5, 5.41) is 23.3. The summed E-state index contributed by atoms with van der Waals surface area (Å²) in [6.45, 7) is 10.8. The van der Waals surface area contributed by atoms with Gasteiger partial charge in [-0.3, -0.25) is 19.3 Å². The van der Waals surface area contributed by atoms with Crippen LogP contribution >= 0.6 is 0 Å². The Morgan fingerprint density at radius 1 is 0.526 bits per heavy atom. The Labute approximate surface area is 439 Å². The number of isocyanates is 1. The molecular weight excluding hydrogens is 965 g/mol. The number of benzene rings is 7. The Kier molecular flexibility index (Phi) is 17.4. The fraction of sp³-hybridized carbons (Fsp3) is 0.167. The molecule has 2 N–H and O–H groups in total. The second kappa shape index (κ2) is 24.6. The number of nitrogens with one attached hydrogen (secondary N) is 2. The molecule has 0 saturated heterocycles. The van der Waals surface area contributed by atoms with E-state index < -0.39 is 35.2 Å². The zero-order chi connectivity index (χ0) is 54.2. The number of oxime groups is 2. The van der Waals surface area contributed by atoms with Crippen LogP contribution in [0.5, 0.6) is 17.2 Å². The van der Waals surface area contributed by atoms with Gasteiger partial charge in [-0.2, -0.15) is 4.99 Å². The summed E-state index contributed by atoms with van der Waals surface area (Å²) in [5.41, 5.74) is 5.72. The van der Waals surface area contributed by atoms with Crippen LogP contribution in [0.15, 0.2) is 185 Å². The third kappa shape index (κ3) is 14.6. The third-order valence-electron chi connectivity index (χ3n) is 11.9. The van der Waals surface area contributed by atoms with Crippen LogP contribution in [0.3, 0.4) is 0 Å². The number of aryl methyl sites for hydroxylation is 2. The summed E-state index contributed by atoms with van der Waals surface area (Å²) in [6.07, 6.45) is 1.40. The Morgan fingerprint density at radius 2 is 0.961 bits per heavy atom. The van der Waals surface area contributed by atoms with E-state index in [9.17, 15) is 24.0 Å². The predicted molar refractivity (Wildman–Crippen MR) is 284 cm³/mol. The second-order valence-electron chi connectivity index (χ2n) is 18.4. The Bertz CT molecular complexity index is 3400. The van der Waals surface area contributed by atoms with Crippen molar-refractivity contribution >= 4 is 47.3 Å². The van der Waals surface area contributed by atoms with E-state index in [-0.39, 0.29) is 24.3 Å². The molecule has 7 rings (SSSR count). The third-order valence-corrected chi connectivity index (χ3v) is 11.9. The molecule has 16 heteroatoms. The summed E-state index contributed by atoms with van der Waals surface area (Å²) >= 11 is 0. The molecule has 0 heterocycles. The van der Waals surface area contributed by atoms with Crippen molar-refractivity contribution in [3.05, 3.63) is 225 Å². The molecule has 0 bridgehead atoms. The minimum atomic E-state index is -0.999. The highest BCUT2D eigenvalue weighted by Crippen LogP contribution is 2.28. The van der Waals surface area contributed by atoms with Crippen LogP contribution < -0.4 is 24.8 Å². The lowest BCUT2D eigenvalue weighted by molar-refractivity contribution is -0.134. The molecule has 382 valence electrons. The normalized spacial score (nSPS) is 11.5. The molecule has 0 aliphatic rings. The number of carbonyl (C=O) groups excluding carboxylic acids is 5. The first-order chi connectivity index (χ1) is 36.5. The summed E-state index contributed by atoms with van der Waals surface area (Å²) < 4.78 is 16.1. The number of rotatable bonds is 18. The molecule has 0 unspecified atom stereocenters.